The molecule has 1 aliphatic rings. The van der Waals surface area contributed by atoms with E-state index in [4.69, 9.17) is 4.74 Å². The summed E-state index contributed by atoms with van der Waals surface area (Å²) >= 11 is 0. The molecule has 196 valence electrons. The van der Waals surface area contributed by atoms with Crippen molar-refractivity contribution in [2.75, 3.05) is 11.5 Å². The average Bonchev–Trinajstić information content (AvgIpc) is 2.76. The van der Waals surface area contributed by atoms with Crippen molar-refractivity contribution >= 4 is 17.4 Å². The molecule has 0 spiro atoms. The van der Waals surface area contributed by atoms with Crippen LogP contribution in [0.3, 0.4) is 0 Å². The van der Waals surface area contributed by atoms with Gasteiger partial charge in [-0.25, -0.2) is 4.79 Å². The summed E-state index contributed by atoms with van der Waals surface area (Å²) < 4.78 is 125. The number of hydrogen-bond acceptors (Lipinski definition) is 2. The summed E-state index contributed by atoms with van der Waals surface area (Å²) in [4.78, 5) is 13.7. The van der Waals surface area contributed by atoms with Crippen LogP contribution in [0.1, 0.15) is 48.1 Å². The Balaban J connectivity index is 2.19. The minimum Gasteiger partial charge on any atom is -0.449 e. The molecule has 0 unspecified atom stereocenters. The number of alkyl halides is 9. The third-order valence-electron chi connectivity index (χ3n) is 5.58. The molecule has 0 aromatic heterocycles. The van der Waals surface area contributed by atoms with Crippen LogP contribution in [0.25, 0.3) is 5.57 Å². The van der Waals surface area contributed by atoms with Crippen LogP contribution in [0, 0.1) is 0 Å². The number of hydrogen-bond donors (Lipinski definition) is 0. The van der Waals surface area contributed by atoms with E-state index in [9.17, 15) is 44.3 Å². The summed E-state index contributed by atoms with van der Waals surface area (Å²) in [6.45, 7) is 3.17. The lowest BCUT2D eigenvalue weighted by Gasteiger charge is -2.35. The number of nitrogens with zero attached hydrogens (tertiary/aromatic N) is 1. The van der Waals surface area contributed by atoms with Crippen LogP contribution < -0.4 is 4.90 Å². The molecule has 0 radical (unpaired) electrons. The van der Waals surface area contributed by atoms with Crippen molar-refractivity contribution < 1.29 is 49.0 Å². The standard InChI is InChI=1S/C24H20F9NO2/c1-3-18-10-14(7-13-8-16(23(28,29)30)11-17(9-13)24(31,32)33)19-12-15(22(25,26)27)5-6-20(19)34(18)21(35)36-4-2/h5-6,8-12,18H,3-4,7H2,1-2H3/t18-/m1/s1. The fraction of sp³-hybridized carbons (Fsp3) is 0.375. The van der Waals surface area contributed by atoms with Crippen LogP contribution in [0.15, 0.2) is 42.5 Å². The molecule has 2 aromatic carbocycles. The highest BCUT2D eigenvalue weighted by atomic mass is 19.4. The van der Waals surface area contributed by atoms with Crippen LogP contribution in [0.5, 0.6) is 0 Å². The normalized spacial score (nSPS) is 16.5. The number of carbonyl (C=O) groups is 1. The van der Waals surface area contributed by atoms with Gasteiger partial charge in [0.15, 0.2) is 0 Å². The van der Waals surface area contributed by atoms with Crippen LogP contribution in [-0.2, 0) is 29.7 Å². The number of benzene rings is 2. The summed E-state index contributed by atoms with van der Waals surface area (Å²) in [7, 11) is 0. The van der Waals surface area contributed by atoms with Gasteiger partial charge in [0.05, 0.1) is 35.0 Å². The van der Waals surface area contributed by atoms with Crippen LogP contribution in [-0.4, -0.2) is 18.7 Å². The molecule has 0 aliphatic carbocycles. The van der Waals surface area contributed by atoms with Gasteiger partial charge in [-0.3, -0.25) is 4.90 Å². The molecule has 1 atom stereocenters. The Morgan fingerprint density at radius 3 is 1.86 bits per heavy atom. The Morgan fingerprint density at radius 1 is 0.833 bits per heavy atom. The predicted octanol–water partition coefficient (Wildman–Crippen LogP) is 8.12. The van der Waals surface area contributed by atoms with Gasteiger partial charge in [-0.05, 0) is 67.3 Å². The molecule has 3 nitrogen and oxygen atoms in total. The van der Waals surface area contributed by atoms with Crippen molar-refractivity contribution in [1.29, 1.82) is 0 Å². The fourth-order valence-electron chi connectivity index (χ4n) is 3.98. The van der Waals surface area contributed by atoms with Crippen molar-refractivity contribution in [2.24, 2.45) is 0 Å². The lowest BCUT2D eigenvalue weighted by molar-refractivity contribution is -0.143. The Kier molecular flexibility index (Phi) is 7.39. The number of halogens is 9. The second-order valence-electron chi connectivity index (χ2n) is 8.06. The third-order valence-corrected chi connectivity index (χ3v) is 5.58. The average molecular weight is 525 g/mol. The molecule has 0 saturated carbocycles. The first-order valence-electron chi connectivity index (χ1n) is 10.7. The lowest BCUT2D eigenvalue weighted by atomic mass is 9.88. The molecular formula is C24H20F9NO2. The summed E-state index contributed by atoms with van der Waals surface area (Å²) in [5, 5.41) is 0. The molecule has 0 bridgehead atoms. The maximum Gasteiger partial charge on any atom is 0.416 e. The summed E-state index contributed by atoms with van der Waals surface area (Å²) in [5.41, 5.74) is -4.64. The van der Waals surface area contributed by atoms with E-state index in [1.165, 1.54) is 13.0 Å². The molecule has 12 heteroatoms. The van der Waals surface area contributed by atoms with Crippen LogP contribution in [0.2, 0.25) is 0 Å². The fourth-order valence-corrected chi connectivity index (χ4v) is 3.98. The van der Waals surface area contributed by atoms with Crippen molar-refractivity contribution in [2.45, 2.75) is 51.3 Å². The summed E-state index contributed by atoms with van der Waals surface area (Å²) in [6.07, 6.45) is -14.7. The summed E-state index contributed by atoms with van der Waals surface area (Å²) in [6, 6.07) is 2.79. The summed E-state index contributed by atoms with van der Waals surface area (Å²) in [5.74, 6) is 0. The van der Waals surface area contributed by atoms with Gasteiger partial charge in [-0.1, -0.05) is 13.0 Å². The van der Waals surface area contributed by atoms with E-state index in [2.05, 4.69) is 0 Å². The van der Waals surface area contributed by atoms with Gasteiger partial charge >= 0.3 is 24.6 Å². The van der Waals surface area contributed by atoms with Crippen molar-refractivity contribution in [3.05, 3.63) is 70.3 Å². The molecule has 2 aromatic rings. The monoisotopic (exact) mass is 525 g/mol. The van der Waals surface area contributed by atoms with Crippen molar-refractivity contribution in [3.63, 3.8) is 0 Å². The van der Waals surface area contributed by atoms with E-state index in [0.717, 1.165) is 23.1 Å². The highest BCUT2D eigenvalue weighted by Gasteiger charge is 2.38. The molecule has 0 N–H and O–H groups in total. The maximum absolute atomic E-state index is 13.4. The number of anilines is 1. The number of fused-ring (bicyclic) bond motifs is 1. The quantitative estimate of drug-likeness (QED) is 0.378. The maximum atomic E-state index is 13.4. The number of carbonyl (C=O) groups excluding carboxylic acids is 1. The first kappa shape index (κ1) is 27.4. The molecular weight excluding hydrogens is 505 g/mol. The van der Waals surface area contributed by atoms with Gasteiger partial charge in [-0.15, -0.1) is 0 Å². The van der Waals surface area contributed by atoms with Crippen molar-refractivity contribution in [3.8, 4) is 0 Å². The lowest BCUT2D eigenvalue weighted by Crippen LogP contribution is -2.42. The topological polar surface area (TPSA) is 29.5 Å². The van der Waals surface area contributed by atoms with E-state index < -0.39 is 59.3 Å². The second-order valence-corrected chi connectivity index (χ2v) is 8.06. The number of rotatable bonds is 4. The molecule has 36 heavy (non-hydrogen) atoms. The van der Waals surface area contributed by atoms with Gasteiger partial charge in [-0.2, -0.15) is 39.5 Å². The number of allylic oxidation sites excluding steroid dienone is 1. The van der Waals surface area contributed by atoms with Gasteiger partial charge in [0.2, 0.25) is 0 Å². The first-order chi connectivity index (χ1) is 16.6. The number of amides is 1. The van der Waals surface area contributed by atoms with Crippen molar-refractivity contribution in [1.82, 2.24) is 0 Å². The molecule has 1 amide bonds. The molecule has 1 aliphatic heterocycles. The van der Waals surface area contributed by atoms with Crippen LogP contribution >= 0.6 is 0 Å². The molecule has 0 saturated heterocycles. The smallest absolute Gasteiger partial charge is 0.416 e. The second kappa shape index (κ2) is 9.70. The largest absolute Gasteiger partial charge is 0.449 e. The molecule has 1 heterocycles. The Labute approximate surface area is 200 Å². The molecule has 0 fully saturated rings. The Bertz CT molecular complexity index is 1130. The van der Waals surface area contributed by atoms with E-state index in [-0.39, 0.29) is 35.9 Å². The van der Waals surface area contributed by atoms with Crippen LogP contribution in [0.4, 0.5) is 50.0 Å². The minimum absolute atomic E-state index is 0.00817. The van der Waals surface area contributed by atoms with E-state index in [1.807, 2.05) is 0 Å². The number of ether oxygens (including phenoxy) is 1. The highest BCUT2D eigenvalue weighted by Crippen LogP contribution is 2.42. The highest BCUT2D eigenvalue weighted by molar-refractivity contribution is 5.96. The Hall–Kier alpha value is -3.18. The zero-order valence-electron chi connectivity index (χ0n) is 18.9. The zero-order chi connectivity index (χ0) is 27.1. The van der Waals surface area contributed by atoms with E-state index >= 15 is 0 Å². The van der Waals surface area contributed by atoms with Gasteiger partial charge in [0, 0.05) is 5.56 Å². The first-order valence-corrected chi connectivity index (χ1v) is 10.7. The van der Waals surface area contributed by atoms with Gasteiger partial charge in [0.1, 0.15) is 0 Å². The van der Waals surface area contributed by atoms with Gasteiger partial charge < -0.3 is 4.74 Å². The SMILES string of the molecule is CCOC(=O)N1c2ccc(C(F)(F)F)cc2C(Cc2cc(C(F)(F)F)cc(C(F)(F)F)c2)=C[C@H]1CC. The van der Waals surface area contributed by atoms with Gasteiger partial charge in [0.25, 0.3) is 0 Å². The predicted molar refractivity (Wildman–Crippen MR) is 113 cm³/mol. The molecule has 3 rings (SSSR count). The van der Waals surface area contributed by atoms with E-state index in [0.29, 0.717) is 12.1 Å². The Morgan fingerprint density at radius 2 is 1.39 bits per heavy atom. The van der Waals surface area contributed by atoms with E-state index in [1.54, 1.807) is 6.92 Å². The minimum atomic E-state index is -5.08. The zero-order valence-corrected chi connectivity index (χ0v) is 18.9. The third kappa shape index (κ3) is 5.79.